The van der Waals surface area contributed by atoms with Gasteiger partial charge in [-0.15, -0.1) is 0 Å². The van der Waals surface area contributed by atoms with E-state index in [-0.39, 0.29) is 16.2 Å². The highest BCUT2D eigenvalue weighted by molar-refractivity contribution is 7.89. The maximum Gasteiger partial charge on any atom is 0.251 e. The van der Waals surface area contributed by atoms with Crippen molar-refractivity contribution in [3.8, 4) is 0 Å². The number of rotatable bonds is 4. The Morgan fingerprint density at radius 1 is 1.26 bits per heavy atom. The minimum atomic E-state index is -3.59. The van der Waals surface area contributed by atoms with Gasteiger partial charge in [0.25, 0.3) is 5.91 Å². The molecule has 1 heterocycles. The van der Waals surface area contributed by atoms with Gasteiger partial charge in [-0.1, -0.05) is 26.8 Å². The summed E-state index contributed by atoms with van der Waals surface area (Å²) < 4.78 is 31.8. The van der Waals surface area contributed by atoms with Crippen molar-refractivity contribution in [3.63, 3.8) is 0 Å². The number of benzene rings is 1. The molecule has 2 rings (SSSR count). The molecule has 0 radical (unpaired) electrons. The van der Waals surface area contributed by atoms with Crippen molar-refractivity contribution in [2.24, 2.45) is 5.41 Å². The van der Waals surface area contributed by atoms with E-state index in [1.165, 1.54) is 16.4 Å². The first-order valence-electron chi connectivity index (χ1n) is 7.66. The second kappa shape index (κ2) is 6.98. The van der Waals surface area contributed by atoms with Gasteiger partial charge in [0.15, 0.2) is 0 Å². The summed E-state index contributed by atoms with van der Waals surface area (Å²) in [5, 5.41) is 2.83. The zero-order valence-corrected chi connectivity index (χ0v) is 14.6. The predicted octanol–water partition coefficient (Wildman–Crippen LogP) is 1.48. The Morgan fingerprint density at radius 3 is 2.52 bits per heavy atom. The van der Waals surface area contributed by atoms with Crippen LogP contribution in [0.4, 0.5) is 0 Å². The van der Waals surface area contributed by atoms with Crippen LogP contribution < -0.4 is 5.32 Å². The highest BCUT2D eigenvalue weighted by Crippen LogP contribution is 2.18. The van der Waals surface area contributed by atoms with Crippen LogP contribution in [0.5, 0.6) is 0 Å². The number of amides is 1. The maximum atomic E-state index is 12.6. The van der Waals surface area contributed by atoms with Crippen molar-refractivity contribution >= 4 is 15.9 Å². The van der Waals surface area contributed by atoms with Crippen molar-refractivity contribution in [3.05, 3.63) is 29.8 Å². The molecule has 0 spiro atoms. The van der Waals surface area contributed by atoms with Gasteiger partial charge in [-0.2, -0.15) is 4.31 Å². The van der Waals surface area contributed by atoms with Gasteiger partial charge in [0.1, 0.15) is 0 Å². The van der Waals surface area contributed by atoms with Gasteiger partial charge in [0, 0.05) is 25.2 Å². The van der Waals surface area contributed by atoms with Crippen molar-refractivity contribution < 1.29 is 17.9 Å². The Kier molecular flexibility index (Phi) is 5.44. The summed E-state index contributed by atoms with van der Waals surface area (Å²) in [6.45, 7) is 8.04. The molecule has 128 valence electrons. The minimum absolute atomic E-state index is 0.0346. The molecule has 7 heteroatoms. The molecule has 1 aromatic carbocycles. The first-order chi connectivity index (χ1) is 10.7. The van der Waals surface area contributed by atoms with E-state index in [9.17, 15) is 13.2 Å². The van der Waals surface area contributed by atoms with Crippen LogP contribution in [-0.2, 0) is 14.8 Å². The summed E-state index contributed by atoms with van der Waals surface area (Å²) >= 11 is 0. The number of nitrogens with one attached hydrogen (secondary N) is 1. The quantitative estimate of drug-likeness (QED) is 0.901. The first-order valence-corrected chi connectivity index (χ1v) is 9.10. The van der Waals surface area contributed by atoms with Crippen molar-refractivity contribution in [1.82, 2.24) is 9.62 Å². The molecule has 0 saturated carbocycles. The lowest BCUT2D eigenvalue weighted by atomic mass is 9.97. The number of carbonyl (C=O) groups is 1. The first kappa shape index (κ1) is 17.9. The maximum absolute atomic E-state index is 12.6. The van der Waals surface area contributed by atoms with Crippen molar-refractivity contribution in [2.45, 2.75) is 25.7 Å². The Labute approximate surface area is 137 Å². The van der Waals surface area contributed by atoms with E-state index in [1.807, 2.05) is 20.8 Å². The van der Waals surface area contributed by atoms with Gasteiger partial charge >= 0.3 is 0 Å². The molecule has 0 aliphatic carbocycles. The third kappa shape index (κ3) is 4.76. The van der Waals surface area contributed by atoms with Crippen LogP contribution in [-0.4, -0.2) is 51.5 Å². The molecular weight excluding hydrogens is 316 g/mol. The Bertz CT molecular complexity index is 659. The summed E-state index contributed by atoms with van der Waals surface area (Å²) in [5.41, 5.74) is 0.316. The molecule has 1 aliphatic rings. The normalized spacial score (nSPS) is 17.0. The summed E-state index contributed by atoms with van der Waals surface area (Å²) in [6, 6.07) is 6.17. The van der Waals surface area contributed by atoms with E-state index in [1.54, 1.807) is 12.1 Å². The average Bonchev–Trinajstić information content (AvgIpc) is 2.53. The van der Waals surface area contributed by atoms with Crippen LogP contribution in [0, 0.1) is 5.41 Å². The zero-order valence-electron chi connectivity index (χ0n) is 13.8. The second-order valence-electron chi connectivity index (χ2n) is 6.79. The second-order valence-corrected chi connectivity index (χ2v) is 8.73. The fourth-order valence-corrected chi connectivity index (χ4v) is 3.64. The highest BCUT2D eigenvalue weighted by atomic mass is 32.2. The fraction of sp³-hybridized carbons (Fsp3) is 0.562. The Morgan fingerprint density at radius 2 is 1.91 bits per heavy atom. The third-order valence-corrected chi connectivity index (χ3v) is 5.38. The molecule has 1 aliphatic heterocycles. The number of hydrogen-bond acceptors (Lipinski definition) is 4. The highest BCUT2D eigenvalue weighted by Gasteiger charge is 2.27. The van der Waals surface area contributed by atoms with Crippen LogP contribution in [0.2, 0.25) is 0 Å². The monoisotopic (exact) mass is 340 g/mol. The molecule has 1 amide bonds. The lowest BCUT2D eigenvalue weighted by molar-refractivity contribution is 0.0730. The van der Waals surface area contributed by atoms with Crippen molar-refractivity contribution in [1.29, 1.82) is 0 Å². The fourth-order valence-electron chi connectivity index (χ4n) is 2.18. The van der Waals surface area contributed by atoms with Crippen LogP contribution in [0.3, 0.4) is 0 Å². The summed E-state index contributed by atoms with van der Waals surface area (Å²) in [6.07, 6.45) is 0. The smallest absolute Gasteiger partial charge is 0.251 e. The molecule has 6 nitrogen and oxygen atoms in total. The number of hydrogen-bond donors (Lipinski definition) is 1. The van der Waals surface area contributed by atoms with Gasteiger partial charge < -0.3 is 10.1 Å². The number of nitrogens with zero attached hydrogens (tertiary/aromatic N) is 1. The summed E-state index contributed by atoms with van der Waals surface area (Å²) in [7, 11) is -3.59. The predicted molar refractivity (Wildman–Crippen MR) is 87.8 cm³/mol. The van der Waals surface area contributed by atoms with E-state index in [0.717, 1.165) is 0 Å². The van der Waals surface area contributed by atoms with Crippen LogP contribution >= 0.6 is 0 Å². The minimum Gasteiger partial charge on any atom is -0.379 e. The lowest BCUT2D eigenvalue weighted by Gasteiger charge is -2.26. The van der Waals surface area contributed by atoms with Crippen molar-refractivity contribution in [2.75, 3.05) is 32.8 Å². The molecule has 1 N–H and O–H groups in total. The molecule has 0 bridgehead atoms. The molecule has 1 fully saturated rings. The Balaban J connectivity index is 2.17. The van der Waals surface area contributed by atoms with Gasteiger partial charge in [0.2, 0.25) is 10.0 Å². The molecule has 0 aromatic heterocycles. The standard InChI is InChI=1S/C16H24N2O4S/c1-16(2,3)12-17-15(19)13-5-4-6-14(11-13)23(20,21)18-7-9-22-10-8-18/h4-6,11H,7-10,12H2,1-3H3,(H,17,19). The largest absolute Gasteiger partial charge is 0.379 e. The molecule has 0 atom stereocenters. The summed E-state index contributed by atoms with van der Waals surface area (Å²) in [4.78, 5) is 12.3. The van der Waals surface area contributed by atoms with Gasteiger partial charge in [-0.3, -0.25) is 4.79 Å². The molecule has 1 saturated heterocycles. The summed E-state index contributed by atoms with van der Waals surface area (Å²) in [5.74, 6) is -0.265. The topological polar surface area (TPSA) is 75.7 Å². The third-order valence-electron chi connectivity index (χ3n) is 3.48. The average molecular weight is 340 g/mol. The molecular formula is C16H24N2O4S. The SMILES string of the molecule is CC(C)(C)CNC(=O)c1cccc(S(=O)(=O)N2CCOCC2)c1. The van der Waals surface area contributed by atoms with Gasteiger partial charge in [-0.25, -0.2) is 8.42 Å². The van der Waals surface area contributed by atoms with E-state index in [4.69, 9.17) is 4.74 Å². The number of carbonyl (C=O) groups excluding carboxylic acids is 1. The number of sulfonamides is 1. The van der Waals surface area contributed by atoms with E-state index < -0.39 is 10.0 Å². The van der Waals surface area contributed by atoms with Crippen LogP contribution in [0.15, 0.2) is 29.2 Å². The van der Waals surface area contributed by atoms with Gasteiger partial charge in [-0.05, 0) is 23.6 Å². The van der Waals surface area contributed by atoms with E-state index >= 15 is 0 Å². The molecule has 1 aromatic rings. The molecule has 23 heavy (non-hydrogen) atoms. The zero-order chi connectivity index (χ0) is 17.1. The van der Waals surface area contributed by atoms with E-state index in [2.05, 4.69) is 5.32 Å². The lowest BCUT2D eigenvalue weighted by Crippen LogP contribution is -2.40. The van der Waals surface area contributed by atoms with E-state index in [0.29, 0.717) is 38.4 Å². The Hall–Kier alpha value is -1.44. The number of morpholine rings is 1. The van der Waals surface area contributed by atoms with Crippen LogP contribution in [0.1, 0.15) is 31.1 Å². The van der Waals surface area contributed by atoms with Crippen LogP contribution in [0.25, 0.3) is 0 Å². The van der Waals surface area contributed by atoms with Gasteiger partial charge in [0.05, 0.1) is 18.1 Å². The number of ether oxygens (including phenoxy) is 1. The molecule has 0 unspecified atom stereocenters.